The number of carbonyl (C=O) groups is 4. The molecule has 0 bridgehead atoms. The molecule has 1 saturated heterocycles. The van der Waals surface area contributed by atoms with Crippen molar-refractivity contribution in [1.82, 2.24) is 10.0 Å². The molecule has 0 radical (unpaired) electrons. The molecule has 6 nitrogen and oxygen atoms in total. The Morgan fingerprint density at radius 1 is 1.00 bits per heavy atom. The number of halogens is 4. The molecule has 3 amide bonds. The first kappa shape index (κ1) is 25.6. The second kappa shape index (κ2) is 10.6. The first-order valence-corrected chi connectivity index (χ1v) is 12.6. The largest absolute Gasteiger partial charge is 0.292 e. The number of carbonyl (C=O) groups excluding carboxylic acids is 4. The Kier molecular flexibility index (Phi) is 7.79. The predicted octanol–water partition coefficient (Wildman–Crippen LogP) is 5.55. The average molecular weight is 540 g/mol. The van der Waals surface area contributed by atoms with Crippen LogP contribution in [-0.4, -0.2) is 45.4 Å². The lowest BCUT2D eigenvalue weighted by molar-refractivity contribution is -0.156. The Morgan fingerprint density at radius 3 is 2.14 bits per heavy atom. The molecule has 2 aromatic carbocycles. The maximum atomic E-state index is 13.9. The molecule has 3 atom stereocenters. The highest BCUT2D eigenvalue weighted by atomic mass is 35.5. The zero-order chi connectivity index (χ0) is 25.3. The summed E-state index contributed by atoms with van der Waals surface area (Å²) in [5, 5.41) is 2.00. The van der Waals surface area contributed by atoms with E-state index in [1.165, 1.54) is 30.3 Å². The fourth-order valence-corrected chi connectivity index (χ4v) is 5.49. The van der Waals surface area contributed by atoms with E-state index in [2.05, 4.69) is 0 Å². The Balaban J connectivity index is 1.83. The molecule has 1 aliphatic heterocycles. The second-order valence-corrected chi connectivity index (χ2v) is 9.85. The third-order valence-electron chi connectivity index (χ3n) is 6.51. The van der Waals surface area contributed by atoms with Crippen LogP contribution in [0.4, 0.5) is 4.39 Å². The standard InChI is InChI=1S/C25H22Cl3FN2O4/c26-12-11-21(22(32)14-5-8-16(29)9-6-14)30(25(35)19-10-7-15(27)13-20(19)28)31-23(33)17-3-1-2-4-18(17)24(31)34/h5-10,13,17-18,21H,1-4,11-12H2/t17-,18-,21+/m1/s1. The van der Waals surface area contributed by atoms with Crippen molar-refractivity contribution in [1.29, 1.82) is 0 Å². The summed E-state index contributed by atoms with van der Waals surface area (Å²) in [6.45, 7) is 0. The van der Waals surface area contributed by atoms with E-state index in [0.29, 0.717) is 12.8 Å². The number of hydrogen-bond donors (Lipinski definition) is 0. The van der Waals surface area contributed by atoms with Gasteiger partial charge in [-0.2, -0.15) is 5.01 Å². The van der Waals surface area contributed by atoms with Crippen molar-refractivity contribution in [3.05, 3.63) is 69.5 Å². The van der Waals surface area contributed by atoms with Gasteiger partial charge in [-0.05, 0) is 61.7 Å². The van der Waals surface area contributed by atoms with Gasteiger partial charge in [0.25, 0.3) is 17.7 Å². The second-order valence-electron chi connectivity index (χ2n) is 8.62. The Bertz CT molecular complexity index is 1150. The highest BCUT2D eigenvalue weighted by Gasteiger charge is 2.53. The van der Waals surface area contributed by atoms with E-state index >= 15 is 0 Å². The van der Waals surface area contributed by atoms with Crippen LogP contribution < -0.4 is 0 Å². The van der Waals surface area contributed by atoms with Crippen molar-refractivity contribution < 1.29 is 23.6 Å². The number of amides is 3. The summed E-state index contributed by atoms with van der Waals surface area (Å²) in [6.07, 6.45) is 2.60. The lowest BCUT2D eigenvalue weighted by Crippen LogP contribution is -2.57. The number of Topliss-reactive ketones (excluding diaryl/α,β-unsaturated/α-hetero) is 1. The maximum absolute atomic E-state index is 13.9. The van der Waals surface area contributed by atoms with E-state index in [-0.39, 0.29) is 33.5 Å². The number of rotatable bonds is 7. The first-order valence-electron chi connectivity index (χ1n) is 11.3. The van der Waals surface area contributed by atoms with E-state index in [4.69, 9.17) is 34.8 Å². The quantitative estimate of drug-likeness (QED) is 0.263. The summed E-state index contributed by atoms with van der Waals surface area (Å²) in [4.78, 5) is 54.3. The maximum Gasteiger partial charge on any atom is 0.275 e. The number of hydrogen-bond acceptors (Lipinski definition) is 4. The molecule has 0 N–H and O–H groups in total. The Morgan fingerprint density at radius 2 is 1.60 bits per heavy atom. The van der Waals surface area contributed by atoms with E-state index in [9.17, 15) is 23.6 Å². The molecule has 1 heterocycles. The zero-order valence-electron chi connectivity index (χ0n) is 18.6. The number of alkyl halides is 1. The molecule has 0 aromatic heterocycles. The fourth-order valence-electron chi connectivity index (χ4n) is 4.79. The molecule has 1 saturated carbocycles. The van der Waals surface area contributed by atoms with Crippen LogP contribution in [0.3, 0.4) is 0 Å². The lowest BCUT2D eigenvalue weighted by Gasteiger charge is -2.36. The molecule has 2 aliphatic rings. The van der Waals surface area contributed by atoms with Gasteiger partial charge in [-0.1, -0.05) is 36.0 Å². The molecule has 4 rings (SSSR count). The zero-order valence-corrected chi connectivity index (χ0v) is 20.8. The summed E-state index contributed by atoms with van der Waals surface area (Å²) in [7, 11) is 0. The summed E-state index contributed by atoms with van der Waals surface area (Å²) in [5.74, 6) is -4.12. The molecule has 0 spiro atoms. The van der Waals surface area contributed by atoms with Gasteiger partial charge >= 0.3 is 0 Å². The van der Waals surface area contributed by atoms with Gasteiger partial charge in [0.05, 0.1) is 22.4 Å². The number of benzene rings is 2. The van der Waals surface area contributed by atoms with Crippen molar-refractivity contribution in [2.45, 2.75) is 38.1 Å². The van der Waals surface area contributed by atoms with E-state index < -0.39 is 47.2 Å². The fraction of sp³-hybridized carbons (Fsp3) is 0.360. The average Bonchev–Trinajstić information content (AvgIpc) is 3.09. The van der Waals surface area contributed by atoms with Gasteiger partial charge < -0.3 is 0 Å². The molecule has 1 aliphatic carbocycles. The number of fused-ring (bicyclic) bond motifs is 1. The summed E-state index contributed by atoms with van der Waals surface area (Å²) in [6, 6.07) is 7.68. The molecule has 0 unspecified atom stereocenters. The topological polar surface area (TPSA) is 74.8 Å². The van der Waals surface area contributed by atoms with Crippen LogP contribution in [0.25, 0.3) is 0 Å². The van der Waals surface area contributed by atoms with Gasteiger partial charge in [0.1, 0.15) is 11.9 Å². The van der Waals surface area contributed by atoms with E-state index in [1.807, 2.05) is 0 Å². The summed E-state index contributed by atoms with van der Waals surface area (Å²) >= 11 is 18.3. The third kappa shape index (κ3) is 4.95. The number of imide groups is 1. The van der Waals surface area contributed by atoms with Crippen molar-refractivity contribution in [2.75, 3.05) is 5.88 Å². The smallest absolute Gasteiger partial charge is 0.275 e. The highest BCUT2D eigenvalue weighted by molar-refractivity contribution is 6.36. The molecule has 10 heteroatoms. The highest BCUT2D eigenvalue weighted by Crippen LogP contribution is 2.40. The number of ketones is 1. The monoisotopic (exact) mass is 538 g/mol. The molecule has 184 valence electrons. The minimum absolute atomic E-state index is 0.00265. The SMILES string of the molecule is O=C(c1ccc(F)cc1)[C@H](CCCl)N(C(=O)c1ccc(Cl)cc1Cl)N1C(=O)[C@@H]2CCCC[C@H]2C1=O. The molecule has 2 aromatic rings. The van der Waals surface area contributed by atoms with Gasteiger partial charge in [-0.25, -0.2) is 9.40 Å². The van der Waals surface area contributed by atoms with Gasteiger partial charge in [-0.15, -0.1) is 11.6 Å². The molecule has 2 fully saturated rings. The minimum Gasteiger partial charge on any atom is -0.292 e. The van der Waals surface area contributed by atoms with E-state index in [0.717, 1.165) is 35.0 Å². The van der Waals surface area contributed by atoms with Crippen LogP contribution in [-0.2, 0) is 9.59 Å². The lowest BCUT2D eigenvalue weighted by atomic mass is 9.81. The molecular weight excluding hydrogens is 518 g/mol. The normalized spacial score (nSPS) is 20.5. The van der Waals surface area contributed by atoms with Gasteiger partial charge in [-0.3, -0.25) is 19.2 Å². The predicted molar refractivity (Wildman–Crippen MR) is 130 cm³/mol. The molecule has 35 heavy (non-hydrogen) atoms. The van der Waals surface area contributed by atoms with Crippen molar-refractivity contribution >= 4 is 58.3 Å². The number of nitrogens with zero attached hydrogens (tertiary/aromatic N) is 2. The van der Waals surface area contributed by atoms with Crippen molar-refractivity contribution in [3.63, 3.8) is 0 Å². The Labute approximate surface area is 216 Å². The van der Waals surface area contributed by atoms with Crippen LogP contribution in [0.15, 0.2) is 42.5 Å². The number of hydrazine groups is 1. The van der Waals surface area contributed by atoms with Crippen molar-refractivity contribution in [3.8, 4) is 0 Å². The van der Waals surface area contributed by atoms with Gasteiger partial charge in [0.15, 0.2) is 5.78 Å². The molecular formula is C25H22Cl3FN2O4. The summed E-state index contributed by atoms with van der Waals surface area (Å²) < 4.78 is 13.5. The van der Waals surface area contributed by atoms with Crippen LogP contribution in [0.2, 0.25) is 10.0 Å². The van der Waals surface area contributed by atoms with E-state index in [1.54, 1.807) is 0 Å². The van der Waals surface area contributed by atoms with Crippen LogP contribution in [0.1, 0.15) is 52.8 Å². The van der Waals surface area contributed by atoms with Gasteiger partial charge in [0.2, 0.25) is 0 Å². The first-order chi connectivity index (χ1) is 16.7. The van der Waals surface area contributed by atoms with Gasteiger partial charge in [0, 0.05) is 16.5 Å². The Hall–Kier alpha value is -2.48. The van der Waals surface area contributed by atoms with Crippen LogP contribution in [0.5, 0.6) is 0 Å². The minimum atomic E-state index is -1.30. The summed E-state index contributed by atoms with van der Waals surface area (Å²) in [5.41, 5.74) is 0.0797. The van der Waals surface area contributed by atoms with Crippen LogP contribution >= 0.6 is 34.8 Å². The van der Waals surface area contributed by atoms with Crippen LogP contribution in [0, 0.1) is 17.7 Å². The third-order valence-corrected chi connectivity index (χ3v) is 7.28. The van der Waals surface area contributed by atoms with Crippen molar-refractivity contribution in [2.24, 2.45) is 11.8 Å².